The SMILES string of the molecule is CCC1(CC)CCN(Cc2ccoc2CNC)CC1. The quantitative estimate of drug-likeness (QED) is 0.853. The highest BCUT2D eigenvalue weighted by molar-refractivity contribution is 5.17. The van der Waals surface area contributed by atoms with Crippen LogP contribution < -0.4 is 5.32 Å². The van der Waals surface area contributed by atoms with Gasteiger partial charge < -0.3 is 9.73 Å². The Morgan fingerprint density at radius 1 is 1.26 bits per heavy atom. The van der Waals surface area contributed by atoms with Crippen molar-refractivity contribution in [2.75, 3.05) is 20.1 Å². The molecule has 0 radical (unpaired) electrons. The van der Waals surface area contributed by atoms with Crippen molar-refractivity contribution in [3.05, 3.63) is 23.7 Å². The molecule has 0 unspecified atom stereocenters. The average molecular weight is 264 g/mol. The van der Waals surface area contributed by atoms with Crippen molar-refractivity contribution in [3.63, 3.8) is 0 Å². The minimum absolute atomic E-state index is 0.612. The van der Waals surface area contributed by atoms with Gasteiger partial charge in [-0.3, -0.25) is 4.90 Å². The Morgan fingerprint density at radius 3 is 2.53 bits per heavy atom. The molecule has 1 fully saturated rings. The number of nitrogens with one attached hydrogen (secondary N) is 1. The van der Waals surface area contributed by atoms with Crippen molar-refractivity contribution in [2.24, 2.45) is 5.41 Å². The lowest BCUT2D eigenvalue weighted by atomic mass is 9.74. The van der Waals surface area contributed by atoms with Gasteiger partial charge in [-0.05, 0) is 44.5 Å². The van der Waals surface area contributed by atoms with E-state index in [0.717, 1.165) is 18.8 Å². The van der Waals surface area contributed by atoms with E-state index in [9.17, 15) is 0 Å². The predicted octanol–water partition coefficient (Wildman–Crippen LogP) is 3.40. The third kappa shape index (κ3) is 3.40. The van der Waals surface area contributed by atoms with Crippen molar-refractivity contribution >= 4 is 0 Å². The van der Waals surface area contributed by atoms with Gasteiger partial charge in [-0.25, -0.2) is 0 Å². The summed E-state index contributed by atoms with van der Waals surface area (Å²) in [4.78, 5) is 2.58. The van der Waals surface area contributed by atoms with Crippen LogP contribution in [0.2, 0.25) is 0 Å². The fourth-order valence-corrected chi connectivity index (χ4v) is 3.21. The van der Waals surface area contributed by atoms with Gasteiger partial charge >= 0.3 is 0 Å². The lowest BCUT2D eigenvalue weighted by molar-refractivity contribution is 0.0905. The zero-order chi connectivity index (χ0) is 13.7. The van der Waals surface area contributed by atoms with E-state index in [0.29, 0.717) is 5.41 Å². The largest absolute Gasteiger partial charge is 0.468 e. The van der Waals surface area contributed by atoms with Crippen LogP contribution in [0.1, 0.15) is 50.9 Å². The lowest BCUT2D eigenvalue weighted by Crippen LogP contribution is -2.39. The summed E-state index contributed by atoms with van der Waals surface area (Å²) in [6.07, 6.45) is 7.16. The van der Waals surface area contributed by atoms with Gasteiger partial charge in [0.25, 0.3) is 0 Å². The van der Waals surface area contributed by atoms with E-state index in [4.69, 9.17) is 4.42 Å². The fraction of sp³-hybridized carbons (Fsp3) is 0.750. The smallest absolute Gasteiger partial charge is 0.122 e. The molecule has 3 nitrogen and oxygen atoms in total. The van der Waals surface area contributed by atoms with E-state index >= 15 is 0 Å². The van der Waals surface area contributed by atoms with Gasteiger partial charge in [-0.2, -0.15) is 0 Å². The highest BCUT2D eigenvalue weighted by Gasteiger charge is 2.31. The molecule has 1 aliphatic rings. The van der Waals surface area contributed by atoms with E-state index in [1.165, 1.54) is 44.3 Å². The Hall–Kier alpha value is -0.800. The second-order valence-corrected chi connectivity index (χ2v) is 5.88. The van der Waals surface area contributed by atoms with E-state index in [-0.39, 0.29) is 0 Å². The van der Waals surface area contributed by atoms with Crippen molar-refractivity contribution in [2.45, 2.75) is 52.6 Å². The third-order valence-corrected chi connectivity index (χ3v) is 4.99. The number of hydrogen-bond donors (Lipinski definition) is 1. The standard InChI is InChI=1S/C16H28N2O/c1-4-16(5-2)7-9-18(10-8-16)13-14-6-11-19-15(14)12-17-3/h6,11,17H,4-5,7-10,12-13H2,1-3H3. The average Bonchev–Trinajstić information content (AvgIpc) is 2.88. The van der Waals surface area contributed by atoms with E-state index < -0.39 is 0 Å². The normalized spacial score (nSPS) is 19.7. The molecule has 0 aliphatic carbocycles. The Morgan fingerprint density at radius 2 is 1.95 bits per heavy atom. The predicted molar refractivity (Wildman–Crippen MR) is 79.0 cm³/mol. The van der Waals surface area contributed by atoms with E-state index in [1.54, 1.807) is 0 Å². The summed E-state index contributed by atoms with van der Waals surface area (Å²) >= 11 is 0. The van der Waals surface area contributed by atoms with Crippen molar-refractivity contribution in [1.29, 1.82) is 0 Å². The molecule has 0 amide bonds. The number of furan rings is 1. The van der Waals surface area contributed by atoms with Crippen LogP contribution >= 0.6 is 0 Å². The van der Waals surface area contributed by atoms with Gasteiger partial charge in [-0.1, -0.05) is 26.7 Å². The summed E-state index contributed by atoms with van der Waals surface area (Å²) < 4.78 is 5.54. The summed E-state index contributed by atoms with van der Waals surface area (Å²) in [5.74, 6) is 1.09. The van der Waals surface area contributed by atoms with Crippen LogP contribution in [0.5, 0.6) is 0 Å². The summed E-state index contributed by atoms with van der Waals surface area (Å²) in [5, 5.41) is 3.17. The summed E-state index contributed by atoms with van der Waals surface area (Å²) in [7, 11) is 1.96. The van der Waals surface area contributed by atoms with Crippen molar-refractivity contribution in [1.82, 2.24) is 10.2 Å². The number of likely N-dealkylation sites (tertiary alicyclic amines) is 1. The van der Waals surface area contributed by atoms with Crippen LogP contribution in [0.15, 0.2) is 16.7 Å². The summed E-state index contributed by atoms with van der Waals surface area (Å²) in [6, 6.07) is 2.12. The maximum absolute atomic E-state index is 5.54. The highest BCUT2D eigenvalue weighted by atomic mass is 16.3. The molecule has 1 N–H and O–H groups in total. The van der Waals surface area contributed by atoms with Crippen LogP contribution in [0.25, 0.3) is 0 Å². The minimum atomic E-state index is 0.612. The molecule has 1 aromatic rings. The first kappa shape index (κ1) is 14.6. The molecule has 1 aliphatic heterocycles. The van der Waals surface area contributed by atoms with E-state index in [1.807, 2.05) is 13.3 Å². The third-order valence-electron chi connectivity index (χ3n) is 4.99. The van der Waals surface area contributed by atoms with Crippen LogP contribution in [0.3, 0.4) is 0 Å². The first-order valence-corrected chi connectivity index (χ1v) is 7.65. The molecule has 0 bridgehead atoms. The van der Waals surface area contributed by atoms with Gasteiger partial charge in [0, 0.05) is 12.1 Å². The molecule has 19 heavy (non-hydrogen) atoms. The van der Waals surface area contributed by atoms with Gasteiger partial charge in [0.05, 0.1) is 12.8 Å². The number of nitrogens with zero attached hydrogens (tertiary/aromatic N) is 1. The first-order valence-electron chi connectivity index (χ1n) is 7.65. The maximum atomic E-state index is 5.54. The van der Waals surface area contributed by atoms with Gasteiger partial charge in [0.2, 0.25) is 0 Å². The van der Waals surface area contributed by atoms with Crippen LogP contribution in [-0.2, 0) is 13.1 Å². The maximum Gasteiger partial charge on any atom is 0.122 e. The Bertz CT molecular complexity index is 372. The van der Waals surface area contributed by atoms with Gasteiger partial charge in [-0.15, -0.1) is 0 Å². The molecule has 108 valence electrons. The zero-order valence-electron chi connectivity index (χ0n) is 12.7. The number of rotatable bonds is 6. The van der Waals surface area contributed by atoms with Crippen LogP contribution in [0.4, 0.5) is 0 Å². The summed E-state index contributed by atoms with van der Waals surface area (Å²) in [5.41, 5.74) is 1.95. The lowest BCUT2D eigenvalue weighted by Gasteiger charge is -2.41. The second kappa shape index (κ2) is 6.58. The molecule has 1 saturated heterocycles. The Balaban J connectivity index is 1.90. The fourth-order valence-electron chi connectivity index (χ4n) is 3.21. The molecule has 0 saturated carbocycles. The van der Waals surface area contributed by atoms with Crippen LogP contribution in [-0.4, -0.2) is 25.0 Å². The van der Waals surface area contributed by atoms with Gasteiger partial charge in [0.15, 0.2) is 0 Å². The monoisotopic (exact) mass is 264 g/mol. The molecule has 2 rings (SSSR count). The molecule has 2 heterocycles. The zero-order valence-corrected chi connectivity index (χ0v) is 12.7. The highest BCUT2D eigenvalue weighted by Crippen LogP contribution is 2.38. The number of hydrogen-bond acceptors (Lipinski definition) is 3. The minimum Gasteiger partial charge on any atom is -0.468 e. The Labute approximate surface area is 117 Å². The second-order valence-electron chi connectivity index (χ2n) is 5.88. The van der Waals surface area contributed by atoms with Gasteiger partial charge in [0.1, 0.15) is 5.76 Å². The molecule has 0 spiro atoms. The topological polar surface area (TPSA) is 28.4 Å². The molecule has 1 aromatic heterocycles. The van der Waals surface area contributed by atoms with E-state index in [2.05, 4.69) is 30.1 Å². The summed E-state index contributed by atoms with van der Waals surface area (Å²) in [6.45, 7) is 9.01. The molecule has 0 atom stereocenters. The molecular formula is C16H28N2O. The van der Waals surface area contributed by atoms with Crippen LogP contribution in [0, 0.1) is 5.41 Å². The molecular weight excluding hydrogens is 236 g/mol. The molecule has 3 heteroatoms. The van der Waals surface area contributed by atoms with Crippen molar-refractivity contribution in [3.8, 4) is 0 Å². The Kier molecular flexibility index (Phi) is 5.06. The van der Waals surface area contributed by atoms with Crippen molar-refractivity contribution < 1.29 is 4.42 Å². The molecule has 0 aromatic carbocycles. The first-order chi connectivity index (χ1) is 9.23. The number of piperidine rings is 1.